The first-order valence-electron chi connectivity index (χ1n) is 10.4. The van der Waals surface area contributed by atoms with Gasteiger partial charge in [0.1, 0.15) is 11.6 Å². The van der Waals surface area contributed by atoms with Gasteiger partial charge in [-0.25, -0.2) is 12.8 Å². The Labute approximate surface area is 182 Å². The van der Waals surface area contributed by atoms with Gasteiger partial charge >= 0.3 is 0 Å². The number of nitrogens with one attached hydrogen (secondary N) is 2. The summed E-state index contributed by atoms with van der Waals surface area (Å²) in [5, 5.41) is 4.34. The van der Waals surface area contributed by atoms with E-state index in [1.54, 1.807) is 6.07 Å². The number of ether oxygens (including phenoxy) is 1. The molecule has 0 spiro atoms. The first kappa shape index (κ1) is 23.1. The summed E-state index contributed by atoms with van der Waals surface area (Å²) in [5.74, 6) is -0.0668. The second-order valence-corrected chi connectivity index (χ2v) is 10.1. The molecule has 2 aromatic rings. The van der Waals surface area contributed by atoms with Crippen molar-refractivity contribution in [3.05, 3.63) is 54.1 Å². The fourth-order valence-corrected chi connectivity index (χ4v) is 4.86. The average Bonchev–Trinajstić information content (AvgIpc) is 3.27. The van der Waals surface area contributed by atoms with Gasteiger partial charge in [0.2, 0.25) is 15.7 Å². The molecule has 1 saturated heterocycles. The van der Waals surface area contributed by atoms with Crippen LogP contribution in [0, 0.1) is 11.7 Å². The quantitative estimate of drug-likeness (QED) is 0.571. The molecule has 0 bridgehead atoms. The van der Waals surface area contributed by atoms with Crippen molar-refractivity contribution in [1.82, 2.24) is 15.6 Å². The smallest absolute Gasteiger partial charge is 0.238 e. The first-order valence-corrected chi connectivity index (χ1v) is 11.9. The van der Waals surface area contributed by atoms with Gasteiger partial charge in [-0.05, 0) is 62.1 Å². The van der Waals surface area contributed by atoms with Crippen molar-refractivity contribution in [2.75, 3.05) is 13.2 Å². The predicted octanol–water partition coefficient (Wildman–Crippen LogP) is 2.99. The van der Waals surface area contributed by atoms with Gasteiger partial charge in [-0.3, -0.25) is 9.78 Å². The molecule has 2 atom stereocenters. The summed E-state index contributed by atoms with van der Waals surface area (Å²) in [6, 6.07) is 5.65. The summed E-state index contributed by atoms with van der Waals surface area (Å²) < 4.78 is 45.8. The minimum atomic E-state index is -4.07. The van der Waals surface area contributed by atoms with Crippen LogP contribution in [0.5, 0.6) is 5.75 Å². The van der Waals surface area contributed by atoms with E-state index >= 15 is 0 Å². The highest BCUT2D eigenvalue weighted by molar-refractivity contribution is 7.91. The molecule has 168 valence electrons. The third-order valence-electron chi connectivity index (χ3n) is 5.10. The molecule has 2 N–H and O–H groups in total. The van der Waals surface area contributed by atoms with Crippen LogP contribution in [0.2, 0.25) is 0 Å². The molecule has 1 aromatic carbocycles. The topological polar surface area (TPSA) is 97.4 Å². The van der Waals surface area contributed by atoms with Crippen molar-refractivity contribution >= 4 is 15.7 Å². The number of amides is 1. The normalized spacial score (nSPS) is 17.5. The fourth-order valence-electron chi connectivity index (χ4n) is 3.31. The van der Waals surface area contributed by atoms with Gasteiger partial charge in [0.15, 0.2) is 5.37 Å². The number of hydrogen-bond donors (Lipinski definition) is 2. The van der Waals surface area contributed by atoms with Crippen molar-refractivity contribution in [3.63, 3.8) is 0 Å². The monoisotopic (exact) mass is 449 g/mol. The molecule has 0 aliphatic carbocycles. The molecule has 0 radical (unpaired) electrons. The second-order valence-electron chi connectivity index (χ2n) is 8.02. The highest BCUT2D eigenvalue weighted by Crippen LogP contribution is 2.29. The Kier molecular flexibility index (Phi) is 7.61. The SMILES string of the molecule is CC(C)CCOc1cncc([C@@H](NC(=O)C2CCCN2)S(=O)(=O)c2ccc(F)cc2)c1. The maximum absolute atomic E-state index is 13.4. The Morgan fingerprint density at radius 2 is 2.03 bits per heavy atom. The molecule has 1 aliphatic rings. The van der Waals surface area contributed by atoms with Crippen LogP contribution in [0.1, 0.15) is 44.0 Å². The molecular weight excluding hydrogens is 421 g/mol. The number of carbonyl (C=O) groups excluding carboxylic acids is 1. The minimum Gasteiger partial charge on any atom is -0.492 e. The molecule has 1 amide bonds. The summed E-state index contributed by atoms with van der Waals surface area (Å²) in [5.41, 5.74) is 0.276. The van der Waals surface area contributed by atoms with E-state index in [-0.39, 0.29) is 10.5 Å². The van der Waals surface area contributed by atoms with Gasteiger partial charge in [-0.15, -0.1) is 0 Å². The van der Waals surface area contributed by atoms with E-state index in [2.05, 4.69) is 29.5 Å². The molecule has 2 heterocycles. The van der Waals surface area contributed by atoms with Crippen molar-refractivity contribution in [3.8, 4) is 5.75 Å². The van der Waals surface area contributed by atoms with Crippen LogP contribution in [0.15, 0.2) is 47.6 Å². The van der Waals surface area contributed by atoms with Crippen LogP contribution in [0.25, 0.3) is 0 Å². The lowest BCUT2D eigenvalue weighted by Gasteiger charge is -2.22. The zero-order valence-corrected chi connectivity index (χ0v) is 18.5. The van der Waals surface area contributed by atoms with Crippen LogP contribution in [-0.4, -0.2) is 38.5 Å². The zero-order chi connectivity index (χ0) is 22.4. The zero-order valence-electron chi connectivity index (χ0n) is 17.7. The fraction of sp³-hybridized carbons (Fsp3) is 0.455. The van der Waals surface area contributed by atoms with Crippen molar-refractivity contribution < 1.29 is 22.3 Å². The Balaban J connectivity index is 1.91. The lowest BCUT2D eigenvalue weighted by molar-refractivity contribution is -0.123. The number of rotatable bonds is 9. The summed E-state index contributed by atoms with van der Waals surface area (Å²) in [7, 11) is -4.07. The van der Waals surface area contributed by atoms with E-state index in [1.807, 2.05) is 0 Å². The third-order valence-corrected chi connectivity index (χ3v) is 7.04. The van der Waals surface area contributed by atoms with Gasteiger partial charge in [-0.2, -0.15) is 0 Å². The van der Waals surface area contributed by atoms with Gasteiger partial charge in [0.05, 0.1) is 23.7 Å². The van der Waals surface area contributed by atoms with Crippen molar-refractivity contribution in [1.29, 1.82) is 0 Å². The lowest BCUT2D eigenvalue weighted by Crippen LogP contribution is -2.44. The number of nitrogens with zero attached hydrogens (tertiary/aromatic N) is 1. The van der Waals surface area contributed by atoms with E-state index < -0.39 is 33.0 Å². The van der Waals surface area contributed by atoms with Gasteiger partial charge in [-0.1, -0.05) is 13.8 Å². The number of carbonyl (C=O) groups is 1. The molecule has 1 aliphatic heterocycles. The minimum absolute atomic E-state index is 0.0929. The van der Waals surface area contributed by atoms with Crippen molar-refractivity contribution in [2.24, 2.45) is 5.92 Å². The molecule has 31 heavy (non-hydrogen) atoms. The molecule has 1 aromatic heterocycles. The molecule has 3 rings (SSSR count). The Bertz CT molecular complexity index is 990. The number of pyridine rings is 1. The standard InChI is InChI=1S/C22H28FN3O4S/c1-15(2)9-11-30-18-12-16(13-24-14-18)22(26-21(27)20-4-3-10-25-20)31(28,29)19-7-5-17(23)6-8-19/h5-8,12-15,20,22,25H,3-4,9-11H2,1-2H3,(H,26,27)/t20?,22-/m0/s1. The Hall–Kier alpha value is -2.52. The summed E-state index contributed by atoms with van der Waals surface area (Å²) in [6.07, 6.45) is 5.21. The van der Waals surface area contributed by atoms with Crippen molar-refractivity contribution in [2.45, 2.75) is 49.4 Å². The van der Waals surface area contributed by atoms with E-state index in [0.29, 0.717) is 31.2 Å². The molecule has 1 fully saturated rings. The summed E-state index contributed by atoms with van der Waals surface area (Å²) in [6.45, 7) is 5.33. The van der Waals surface area contributed by atoms with Crippen LogP contribution in [0.3, 0.4) is 0 Å². The van der Waals surface area contributed by atoms with Crippen LogP contribution >= 0.6 is 0 Å². The van der Waals surface area contributed by atoms with E-state index in [9.17, 15) is 17.6 Å². The highest BCUT2D eigenvalue weighted by Gasteiger charge is 2.34. The van der Waals surface area contributed by atoms with E-state index in [4.69, 9.17) is 4.74 Å². The van der Waals surface area contributed by atoms with Crippen LogP contribution < -0.4 is 15.4 Å². The molecule has 9 heteroatoms. The molecular formula is C22H28FN3O4S. The lowest BCUT2D eigenvalue weighted by atomic mass is 10.1. The maximum atomic E-state index is 13.4. The Morgan fingerprint density at radius 3 is 2.68 bits per heavy atom. The highest BCUT2D eigenvalue weighted by atomic mass is 32.2. The molecule has 1 unspecified atom stereocenters. The van der Waals surface area contributed by atoms with Gasteiger partial charge < -0.3 is 15.4 Å². The number of aromatic nitrogens is 1. The third kappa shape index (κ3) is 6.01. The second kappa shape index (κ2) is 10.2. The predicted molar refractivity (Wildman–Crippen MR) is 115 cm³/mol. The average molecular weight is 450 g/mol. The number of halogens is 1. The van der Waals surface area contributed by atoms with Crippen LogP contribution in [0.4, 0.5) is 4.39 Å². The largest absolute Gasteiger partial charge is 0.492 e. The summed E-state index contributed by atoms with van der Waals surface area (Å²) in [4.78, 5) is 16.8. The van der Waals surface area contributed by atoms with Gasteiger partial charge in [0, 0.05) is 11.8 Å². The number of sulfone groups is 1. The summed E-state index contributed by atoms with van der Waals surface area (Å²) >= 11 is 0. The number of hydrogen-bond acceptors (Lipinski definition) is 6. The maximum Gasteiger partial charge on any atom is 0.238 e. The molecule has 7 nitrogen and oxygen atoms in total. The molecule has 0 saturated carbocycles. The van der Waals surface area contributed by atoms with Crippen LogP contribution in [-0.2, 0) is 14.6 Å². The van der Waals surface area contributed by atoms with Gasteiger partial charge in [0.25, 0.3) is 0 Å². The van der Waals surface area contributed by atoms with E-state index in [1.165, 1.54) is 24.5 Å². The first-order chi connectivity index (χ1) is 14.8. The Morgan fingerprint density at radius 1 is 1.29 bits per heavy atom. The van der Waals surface area contributed by atoms with E-state index in [0.717, 1.165) is 25.0 Å². The number of benzene rings is 1.